The number of carbonyl (C=O) groups excluding carboxylic acids is 1. The molecule has 0 heterocycles. The average molecular weight is 362 g/mol. The van der Waals surface area contributed by atoms with Gasteiger partial charge in [0.2, 0.25) is 5.91 Å². The molecule has 0 bridgehead atoms. The molecule has 0 saturated heterocycles. The number of anilines is 1. The number of halogens is 1. The number of hydrogen-bond acceptors (Lipinski definition) is 3. The van der Waals surface area contributed by atoms with Crippen LogP contribution in [0.15, 0.2) is 18.2 Å². The number of nitrogens with one attached hydrogen (secondary N) is 2. The summed E-state index contributed by atoms with van der Waals surface area (Å²) in [5.41, 5.74) is 2.21. The van der Waals surface area contributed by atoms with Crippen LogP contribution in [0.4, 0.5) is 5.69 Å². The predicted octanol–water partition coefficient (Wildman–Crippen LogP) is 2.16. The number of carbonyl (C=O) groups is 1. The highest BCUT2D eigenvalue weighted by Gasteiger charge is 2.01. The van der Waals surface area contributed by atoms with Crippen molar-refractivity contribution in [1.29, 1.82) is 0 Å². The van der Waals surface area contributed by atoms with Gasteiger partial charge in [0.1, 0.15) is 0 Å². The molecule has 0 unspecified atom stereocenters. The van der Waals surface area contributed by atoms with Gasteiger partial charge in [-0.15, -0.1) is 0 Å². The van der Waals surface area contributed by atoms with E-state index in [1.54, 1.807) is 7.11 Å². The first-order valence-electron chi connectivity index (χ1n) is 5.89. The van der Waals surface area contributed by atoms with Crippen molar-refractivity contribution >= 4 is 34.2 Å². The third kappa shape index (κ3) is 5.68. The van der Waals surface area contributed by atoms with E-state index in [0.29, 0.717) is 19.7 Å². The number of aryl methyl sites for hydroxylation is 1. The van der Waals surface area contributed by atoms with Crippen LogP contribution in [0.1, 0.15) is 12.0 Å². The highest BCUT2D eigenvalue weighted by molar-refractivity contribution is 14.1. The SMILES string of the molecule is COCCCNC(=O)CNc1ccc(C)c(I)c1. The van der Waals surface area contributed by atoms with E-state index in [1.165, 1.54) is 9.13 Å². The minimum atomic E-state index is 0.00156. The summed E-state index contributed by atoms with van der Waals surface area (Å²) in [5.74, 6) is 0.00156. The van der Waals surface area contributed by atoms with Crippen LogP contribution < -0.4 is 10.6 Å². The Bertz CT molecular complexity index is 397. The minimum absolute atomic E-state index is 0.00156. The Kier molecular flexibility index (Phi) is 7.04. The molecule has 0 saturated carbocycles. The molecule has 1 rings (SSSR count). The van der Waals surface area contributed by atoms with E-state index in [-0.39, 0.29) is 5.91 Å². The lowest BCUT2D eigenvalue weighted by Crippen LogP contribution is -2.31. The van der Waals surface area contributed by atoms with Gasteiger partial charge in [-0.3, -0.25) is 4.79 Å². The zero-order valence-electron chi connectivity index (χ0n) is 10.8. The normalized spacial score (nSPS) is 10.2. The van der Waals surface area contributed by atoms with Crippen molar-refractivity contribution in [3.8, 4) is 0 Å². The molecule has 1 aromatic carbocycles. The van der Waals surface area contributed by atoms with Gasteiger partial charge in [-0.2, -0.15) is 0 Å². The van der Waals surface area contributed by atoms with Crippen LogP contribution in [0.3, 0.4) is 0 Å². The van der Waals surface area contributed by atoms with Crippen LogP contribution >= 0.6 is 22.6 Å². The van der Waals surface area contributed by atoms with Crippen LogP contribution in [-0.2, 0) is 9.53 Å². The van der Waals surface area contributed by atoms with Crippen LogP contribution in [0, 0.1) is 10.5 Å². The Hall–Kier alpha value is -0.820. The zero-order chi connectivity index (χ0) is 13.4. The quantitative estimate of drug-likeness (QED) is 0.578. The third-order valence-electron chi connectivity index (χ3n) is 2.47. The second kappa shape index (κ2) is 8.31. The Balaban J connectivity index is 2.27. The molecule has 0 aliphatic carbocycles. The molecule has 2 N–H and O–H groups in total. The van der Waals surface area contributed by atoms with Crippen molar-refractivity contribution in [2.24, 2.45) is 0 Å². The molecule has 0 fully saturated rings. The lowest BCUT2D eigenvalue weighted by molar-refractivity contribution is -0.119. The first-order chi connectivity index (χ1) is 8.63. The van der Waals surface area contributed by atoms with Crippen LogP contribution in [0.2, 0.25) is 0 Å². The Morgan fingerprint density at radius 3 is 2.89 bits per heavy atom. The van der Waals surface area contributed by atoms with Gasteiger partial charge in [0.15, 0.2) is 0 Å². The molecular formula is C13H19IN2O2. The molecule has 0 atom stereocenters. The molecular weight excluding hydrogens is 343 g/mol. The van der Waals surface area contributed by atoms with E-state index in [4.69, 9.17) is 4.74 Å². The average Bonchev–Trinajstić information content (AvgIpc) is 2.36. The van der Waals surface area contributed by atoms with Crippen molar-refractivity contribution < 1.29 is 9.53 Å². The van der Waals surface area contributed by atoms with E-state index < -0.39 is 0 Å². The standard InChI is InChI=1S/C13H19IN2O2/c1-10-4-5-11(8-12(10)14)16-9-13(17)15-6-3-7-18-2/h4-5,8,16H,3,6-7,9H2,1-2H3,(H,15,17). The van der Waals surface area contributed by atoms with Crippen LogP contribution in [0.5, 0.6) is 0 Å². The fourth-order valence-electron chi connectivity index (χ4n) is 1.39. The number of hydrogen-bond donors (Lipinski definition) is 2. The summed E-state index contributed by atoms with van der Waals surface area (Å²) in [4.78, 5) is 11.5. The van der Waals surface area contributed by atoms with Gasteiger partial charge < -0.3 is 15.4 Å². The third-order valence-corrected chi connectivity index (χ3v) is 3.63. The summed E-state index contributed by atoms with van der Waals surface area (Å²) in [5, 5.41) is 5.94. The molecule has 0 aliphatic rings. The Morgan fingerprint density at radius 1 is 1.44 bits per heavy atom. The second-order valence-electron chi connectivity index (χ2n) is 4.01. The zero-order valence-corrected chi connectivity index (χ0v) is 12.9. The molecule has 1 amide bonds. The van der Waals surface area contributed by atoms with Crippen molar-refractivity contribution in [2.75, 3.05) is 32.1 Å². The summed E-state index contributed by atoms with van der Waals surface area (Å²) >= 11 is 2.28. The molecule has 0 aliphatic heterocycles. The smallest absolute Gasteiger partial charge is 0.239 e. The van der Waals surface area contributed by atoms with Crippen molar-refractivity contribution in [1.82, 2.24) is 5.32 Å². The number of amides is 1. The summed E-state index contributed by atoms with van der Waals surface area (Å²) in [6.45, 7) is 3.68. The van der Waals surface area contributed by atoms with E-state index in [0.717, 1.165) is 12.1 Å². The van der Waals surface area contributed by atoms with Crippen molar-refractivity contribution in [3.05, 3.63) is 27.3 Å². The predicted molar refractivity (Wildman–Crippen MR) is 81.9 cm³/mol. The molecule has 5 heteroatoms. The van der Waals surface area contributed by atoms with Gasteiger partial charge in [0.05, 0.1) is 6.54 Å². The molecule has 0 spiro atoms. The van der Waals surface area contributed by atoms with Gasteiger partial charge in [-0.1, -0.05) is 6.07 Å². The van der Waals surface area contributed by atoms with Crippen LogP contribution in [0.25, 0.3) is 0 Å². The molecule has 0 radical (unpaired) electrons. The van der Waals surface area contributed by atoms with Gasteiger partial charge >= 0.3 is 0 Å². The first kappa shape index (κ1) is 15.2. The fraction of sp³-hybridized carbons (Fsp3) is 0.462. The number of methoxy groups -OCH3 is 1. The topological polar surface area (TPSA) is 50.4 Å². The molecule has 0 aromatic heterocycles. The number of ether oxygens (including phenoxy) is 1. The minimum Gasteiger partial charge on any atom is -0.385 e. The van der Waals surface area contributed by atoms with E-state index in [9.17, 15) is 4.79 Å². The lowest BCUT2D eigenvalue weighted by atomic mass is 10.2. The van der Waals surface area contributed by atoms with Gasteiger partial charge in [-0.25, -0.2) is 0 Å². The maximum absolute atomic E-state index is 11.5. The molecule has 4 nitrogen and oxygen atoms in total. The second-order valence-corrected chi connectivity index (χ2v) is 5.18. The largest absolute Gasteiger partial charge is 0.385 e. The number of rotatable bonds is 7. The van der Waals surface area contributed by atoms with E-state index >= 15 is 0 Å². The Morgan fingerprint density at radius 2 is 2.22 bits per heavy atom. The van der Waals surface area contributed by atoms with Crippen LogP contribution in [-0.4, -0.2) is 32.7 Å². The molecule has 18 heavy (non-hydrogen) atoms. The van der Waals surface area contributed by atoms with E-state index in [2.05, 4.69) is 40.1 Å². The summed E-state index contributed by atoms with van der Waals surface area (Å²) in [6, 6.07) is 6.06. The fourth-order valence-corrected chi connectivity index (χ4v) is 1.91. The van der Waals surface area contributed by atoms with E-state index in [1.807, 2.05) is 18.2 Å². The number of benzene rings is 1. The summed E-state index contributed by atoms with van der Waals surface area (Å²) < 4.78 is 6.10. The highest BCUT2D eigenvalue weighted by Crippen LogP contribution is 2.16. The van der Waals surface area contributed by atoms with Crippen molar-refractivity contribution in [3.63, 3.8) is 0 Å². The Labute approximate surface area is 122 Å². The van der Waals surface area contributed by atoms with Crippen molar-refractivity contribution in [2.45, 2.75) is 13.3 Å². The molecule has 1 aromatic rings. The van der Waals surface area contributed by atoms with Gasteiger partial charge in [0, 0.05) is 29.5 Å². The lowest BCUT2D eigenvalue weighted by Gasteiger charge is -2.08. The van der Waals surface area contributed by atoms with Gasteiger partial charge in [0.25, 0.3) is 0 Å². The van der Waals surface area contributed by atoms with Gasteiger partial charge in [-0.05, 0) is 53.6 Å². The molecule has 100 valence electrons. The summed E-state index contributed by atoms with van der Waals surface area (Å²) in [6.07, 6.45) is 0.838. The highest BCUT2D eigenvalue weighted by atomic mass is 127. The monoisotopic (exact) mass is 362 g/mol. The first-order valence-corrected chi connectivity index (χ1v) is 6.97. The maximum Gasteiger partial charge on any atom is 0.239 e. The maximum atomic E-state index is 11.5. The summed E-state index contributed by atoms with van der Waals surface area (Å²) in [7, 11) is 1.66.